The Hall–Kier alpha value is -2.56. The van der Waals surface area contributed by atoms with Crippen molar-refractivity contribution in [1.82, 2.24) is 28.6 Å². The maximum Gasteiger partial charge on any atom is 0.246 e. The molecule has 0 N–H and O–H groups in total. The van der Waals surface area contributed by atoms with Gasteiger partial charge in [-0.25, -0.2) is 18.4 Å². The van der Waals surface area contributed by atoms with Gasteiger partial charge in [-0.2, -0.15) is 9.40 Å². The Balaban J connectivity index is 1.52. The molecule has 29 heavy (non-hydrogen) atoms. The van der Waals surface area contributed by atoms with Crippen molar-refractivity contribution in [3.63, 3.8) is 0 Å². The number of sulfonamides is 1. The Morgan fingerprint density at radius 2 is 2.17 bits per heavy atom. The Bertz CT molecular complexity index is 1260. The summed E-state index contributed by atoms with van der Waals surface area (Å²) >= 11 is 1.62. The highest BCUT2D eigenvalue weighted by atomic mass is 32.2. The van der Waals surface area contributed by atoms with Gasteiger partial charge in [-0.1, -0.05) is 6.07 Å². The highest BCUT2D eigenvalue weighted by Gasteiger charge is 2.36. The van der Waals surface area contributed by atoms with E-state index in [1.807, 2.05) is 36.6 Å². The molecule has 1 aliphatic rings. The molecule has 5 rings (SSSR count). The standard InChI is InChI=1S/C19H20N6O2S2/c1-2-23-13-15(11-21-23)29(26,27)24-9-7-14(12-24)25-18-16(5-3-8-20-18)22-19(25)17-6-4-10-28-17/h3-6,8,10-11,13-14H,2,7,9,12H2,1H3/t14-/m0/s1. The number of imidazole rings is 1. The van der Waals surface area contributed by atoms with Crippen LogP contribution in [0.1, 0.15) is 19.4 Å². The molecule has 0 bridgehead atoms. The van der Waals surface area contributed by atoms with Crippen LogP contribution < -0.4 is 0 Å². The number of thiophene rings is 1. The molecular formula is C19H20N6O2S2. The summed E-state index contributed by atoms with van der Waals surface area (Å²) in [6, 6.07) is 7.81. The zero-order valence-electron chi connectivity index (χ0n) is 15.8. The summed E-state index contributed by atoms with van der Waals surface area (Å²) in [7, 11) is -3.57. The molecule has 1 fully saturated rings. The Morgan fingerprint density at radius 3 is 2.93 bits per heavy atom. The molecule has 150 valence electrons. The van der Waals surface area contributed by atoms with Gasteiger partial charge in [0.1, 0.15) is 10.4 Å². The number of aryl methyl sites for hydroxylation is 1. The molecule has 10 heteroatoms. The Kier molecular flexibility index (Phi) is 4.49. The molecule has 0 amide bonds. The molecule has 4 aromatic heterocycles. The number of rotatable bonds is 5. The molecule has 0 unspecified atom stereocenters. The van der Waals surface area contributed by atoms with Crippen molar-refractivity contribution < 1.29 is 8.42 Å². The maximum absolute atomic E-state index is 13.1. The SMILES string of the molecule is CCn1cc(S(=O)(=O)N2CC[C@H](n3c(-c4cccs4)nc4cccnc43)C2)cn1. The lowest BCUT2D eigenvalue weighted by Crippen LogP contribution is -2.29. The summed E-state index contributed by atoms with van der Waals surface area (Å²) in [4.78, 5) is 10.6. The van der Waals surface area contributed by atoms with Crippen molar-refractivity contribution in [1.29, 1.82) is 0 Å². The minimum Gasteiger partial charge on any atom is -0.304 e. The van der Waals surface area contributed by atoms with Crippen molar-refractivity contribution in [2.75, 3.05) is 13.1 Å². The van der Waals surface area contributed by atoms with Crippen molar-refractivity contribution >= 4 is 32.5 Å². The fourth-order valence-corrected chi connectivity index (χ4v) is 5.95. The van der Waals surface area contributed by atoms with Crippen LogP contribution in [0.15, 0.2) is 53.1 Å². The lowest BCUT2D eigenvalue weighted by Gasteiger charge is -2.18. The summed E-state index contributed by atoms with van der Waals surface area (Å²) in [6.07, 6.45) is 5.48. The van der Waals surface area contributed by atoms with Gasteiger partial charge < -0.3 is 4.57 Å². The van der Waals surface area contributed by atoms with E-state index in [1.54, 1.807) is 32.7 Å². The predicted molar refractivity (Wildman–Crippen MR) is 111 cm³/mol. The fourth-order valence-electron chi connectivity index (χ4n) is 3.79. The largest absolute Gasteiger partial charge is 0.304 e. The lowest BCUT2D eigenvalue weighted by atomic mass is 10.2. The number of hydrogen-bond donors (Lipinski definition) is 0. The Labute approximate surface area is 172 Å². The van der Waals surface area contributed by atoms with E-state index in [1.165, 1.54) is 6.20 Å². The van der Waals surface area contributed by atoms with Crippen molar-refractivity contribution in [2.24, 2.45) is 0 Å². The van der Waals surface area contributed by atoms with Gasteiger partial charge in [0.15, 0.2) is 11.5 Å². The zero-order valence-corrected chi connectivity index (χ0v) is 17.5. The van der Waals surface area contributed by atoms with Gasteiger partial charge in [-0.3, -0.25) is 4.68 Å². The smallest absolute Gasteiger partial charge is 0.246 e. The molecule has 8 nitrogen and oxygen atoms in total. The van der Waals surface area contributed by atoms with Crippen molar-refractivity contribution in [3.05, 3.63) is 48.2 Å². The first-order chi connectivity index (χ1) is 14.1. The number of nitrogens with zero attached hydrogens (tertiary/aromatic N) is 6. The summed E-state index contributed by atoms with van der Waals surface area (Å²) in [5.41, 5.74) is 1.61. The average molecular weight is 429 g/mol. The first kappa shape index (κ1) is 18.5. The molecule has 0 spiro atoms. The molecule has 0 aliphatic carbocycles. The highest BCUT2D eigenvalue weighted by molar-refractivity contribution is 7.89. The molecule has 0 saturated carbocycles. The summed E-state index contributed by atoms with van der Waals surface area (Å²) < 4.78 is 31.5. The quantitative estimate of drug-likeness (QED) is 0.488. The minimum atomic E-state index is -3.57. The number of aromatic nitrogens is 5. The van der Waals surface area contributed by atoms with E-state index >= 15 is 0 Å². The second kappa shape index (κ2) is 7.05. The second-order valence-electron chi connectivity index (χ2n) is 6.97. The van der Waals surface area contributed by atoms with Gasteiger partial charge in [-0.15, -0.1) is 11.3 Å². The third kappa shape index (κ3) is 3.07. The van der Waals surface area contributed by atoms with E-state index in [4.69, 9.17) is 4.98 Å². The van der Waals surface area contributed by atoms with E-state index in [9.17, 15) is 8.42 Å². The van der Waals surface area contributed by atoms with E-state index < -0.39 is 10.0 Å². The van der Waals surface area contributed by atoms with E-state index in [2.05, 4.69) is 14.6 Å². The number of fused-ring (bicyclic) bond motifs is 1. The molecule has 1 atom stereocenters. The third-order valence-electron chi connectivity index (χ3n) is 5.25. The molecule has 1 saturated heterocycles. The molecular weight excluding hydrogens is 408 g/mol. The van der Waals surface area contributed by atoms with Crippen molar-refractivity contribution in [2.45, 2.75) is 30.8 Å². The highest BCUT2D eigenvalue weighted by Crippen LogP contribution is 2.35. The number of hydrogen-bond acceptors (Lipinski definition) is 6. The minimum absolute atomic E-state index is 0.0250. The Morgan fingerprint density at radius 1 is 1.28 bits per heavy atom. The fraction of sp³-hybridized carbons (Fsp3) is 0.316. The van der Waals surface area contributed by atoms with Crippen LogP contribution in [0.2, 0.25) is 0 Å². The summed E-state index contributed by atoms with van der Waals surface area (Å²) in [5, 5.41) is 6.13. The molecule has 5 heterocycles. The van der Waals surface area contributed by atoms with Crippen LogP contribution in [-0.2, 0) is 16.6 Å². The average Bonchev–Trinajstić information content (AvgIpc) is 3.53. The first-order valence-corrected chi connectivity index (χ1v) is 11.8. The van der Waals surface area contributed by atoms with Crippen LogP contribution in [-0.4, -0.2) is 50.1 Å². The first-order valence-electron chi connectivity index (χ1n) is 9.47. The van der Waals surface area contributed by atoms with Gasteiger partial charge >= 0.3 is 0 Å². The monoisotopic (exact) mass is 428 g/mol. The van der Waals surface area contributed by atoms with Gasteiger partial charge in [0, 0.05) is 32.0 Å². The molecule has 0 aromatic carbocycles. The van der Waals surface area contributed by atoms with Crippen LogP contribution in [0.25, 0.3) is 21.9 Å². The van der Waals surface area contributed by atoms with Crippen LogP contribution >= 0.6 is 11.3 Å². The maximum atomic E-state index is 13.1. The van der Waals surface area contributed by atoms with Gasteiger partial charge in [0.05, 0.1) is 17.1 Å². The van der Waals surface area contributed by atoms with E-state index in [0.717, 1.165) is 21.9 Å². The zero-order chi connectivity index (χ0) is 20.0. The van der Waals surface area contributed by atoms with Crippen LogP contribution in [0, 0.1) is 0 Å². The number of pyridine rings is 1. The van der Waals surface area contributed by atoms with Crippen LogP contribution in [0.4, 0.5) is 0 Å². The van der Waals surface area contributed by atoms with E-state index in [-0.39, 0.29) is 10.9 Å². The molecule has 4 aromatic rings. The van der Waals surface area contributed by atoms with Crippen LogP contribution in [0.5, 0.6) is 0 Å². The summed E-state index contributed by atoms with van der Waals surface area (Å²) in [6.45, 7) is 3.41. The lowest BCUT2D eigenvalue weighted by molar-refractivity contribution is 0.455. The third-order valence-corrected chi connectivity index (χ3v) is 7.94. The van der Waals surface area contributed by atoms with Gasteiger partial charge in [0.25, 0.3) is 0 Å². The van der Waals surface area contributed by atoms with Crippen molar-refractivity contribution in [3.8, 4) is 10.7 Å². The summed E-state index contributed by atoms with van der Waals surface area (Å²) in [5.74, 6) is 0.844. The second-order valence-corrected chi connectivity index (χ2v) is 9.85. The van der Waals surface area contributed by atoms with Gasteiger partial charge in [0.2, 0.25) is 10.0 Å². The topological polar surface area (TPSA) is 85.9 Å². The van der Waals surface area contributed by atoms with Crippen LogP contribution in [0.3, 0.4) is 0 Å². The molecule has 0 radical (unpaired) electrons. The van der Waals surface area contributed by atoms with E-state index in [0.29, 0.717) is 26.1 Å². The molecule has 1 aliphatic heterocycles. The normalized spacial score (nSPS) is 18.0. The predicted octanol–water partition coefficient (Wildman–Crippen LogP) is 3.01. The van der Waals surface area contributed by atoms with Gasteiger partial charge in [-0.05, 0) is 36.9 Å².